The molecule has 0 fully saturated rings. The first-order valence-electron chi connectivity index (χ1n) is 5.12. The Labute approximate surface area is 106 Å². The van der Waals surface area contributed by atoms with Crippen molar-refractivity contribution in [2.75, 3.05) is 20.3 Å². The van der Waals surface area contributed by atoms with E-state index in [1.807, 2.05) is 0 Å². The van der Waals surface area contributed by atoms with E-state index < -0.39 is 9.05 Å². The van der Waals surface area contributed by atoms with Crippen LogP contribution in [0.1, 0.15) is 12.0 Å². The van der Waals surface area contributed by atoms with E-state index in [0.717, 1.165) is 6.42 Å². The summed E-state index contributed by atoms with van der Waals surface area (Å²) >= 11 is 0. The van der Waals surface area contributed by atoms with Gasteiger partial charge < -0.3 is 9.47 Å². The number of methoxy groups -OCH3 is 1. The molecule has 0 aromatic heterocycles. The smallest absolute Gasteiger partial charge is 0.261 e. The molecule has 0 spiro atoms. The van der Waals surface area contributed by atoms with E-state index >= 15 is 0 Å². The molecule has 0 unspecified atom stereocenters. The molecule has 0 radical (unpaired) electrons. The van der Waals surface area contributed by atoms with Gasteiger partial charge in [0.1, 0.15) is 5.75 Å². The van der Waals surface area contributed by atoms with Gasteiger partial charge in [-0.15, -0.1) is 0 Å². The third-order valence-electron chi connectivity index (χ3n) is 2.17. The lowest BCUT2D eigenvalue weighted by atomic mass is 10.2. The standard InChI is InChI=1S/C11H15ClO4S/c1-9-8-10(16-7-3-6-15-2)4-5-11(9)17(12,13)14/h4-5,8H,3,6-7H2,1-2H3. The largest absolute Gasteiger partial charge is 0.493 e. The molecule has 0 bridgehead atoms. The Morgan fingerprint density at radius 3 is 2.53 bits per heavy atom. The summed E-state index contributed by atoms with van der Waals surface area (Å²) in [6, 6.07) is 4.69. The van der Waals surface area contributed by atoms with Crippen LogP contribution in [0.3, 0.4) is 0 Å². The van der Waals surface area contributed by atoms with Crippen LogP contribution in [-0.2, 0) is 13.8 Å². The fourth-order valence-corrected chi connectivity index (χ4v) is 2.57. The number of halogens is 1. The van der Waals surface area contributed by atoms with Crippen molar-refractivity contribution in [3.8, 4) is 5.75 Å². The van der Waals surface area contributed by atoms with Gasteiger partial charge in [0.15, 0.2) is 0 Å². The molecule has 4 nitrogen and oxygen atoms in total. The average Bonchev–Trinajstić information content (AvgIpc) is 2.23. The van der Waals surface area contributed by atoms with Crippen molar-refractivity contribution in [3.63, 3.8) is 0 Å². The van der Waals surface area contributed by atoms with Gasteiger partial charge >= 0.3 is 0 Å². The van der Waals surface area contributed by atoms with Gasteiger partial charge in [0.25, 0.3) is 9.05 Å². The van der Waals surface area contributed by atoms with Gasteiger partial charge in [0.05, 0.1) is 11.5 Å². The van der Waals surface area contributed by atoms with Crippen LogP contribution in [0.25, 0.3) is 0 Å². The first kappa shape index (κ1) is 14.3. The summed E-state index contributed by atoms with van der Waals surface area (Å²) in [5, 5.41) is 0. The third-order valence-corrected chi connectivity index (χ3v) is 3.65. The highest BCUT2D eigenvalue weighted by molar-refractivity contribution is 8.13. The Morgan fingerprint density at radius 2 is 2.00 bits per heavy atom. The molecule has 1 aromatic rings. The number of hydrogen-bond acceptors (Lipinski definition) is 4. The molecule has 96 valence electrons. The lowest BCUT2D eigenvalue weighted by Crippen LogP contribution is -2.02. The second-order valence-electron chi connectivity index (χ2n) is 3.56. The molecule has 1 aromatic carbocycles. The van der Waals surface area contributed by atoms with Gasteiger partial charge in [-0.05, 0) is 30.7 Å². The molecule has 0 aliphatic heterocycles. The van der Waals surface area contributed by atoms with Gasteiger partial charge in [0.2, 0.25) is 0 Å². The molecule has 0 amide bonds. The molecule has 0 heterocycles. The molecule has 0 saturated heterocycles. The minimum absolute atomic E-state index is 0.114. The van der Waals surface area contributed by atoms with Crippen LogP contribution in [0, 0.1) is 6.92 Å². The molecular weight excluding hydrogens is 264 g/mol. The molecule has 0 N–H and O–H groups in total. The zero-order valence-electron chi connectivity index (χ0n) is 9.77. The van der Waals surface area contributed by atoms with E-state index in [9.17, 15) is 8.42 Å². The van der Waals surface area contributed by atoms with Gasteiger partial charge in [-0.2, -0.15) is 0 Å². The summed E-state index contributed by atoms with van der Waals surface area (Å²) in [6.45, 7) is 2.84. The van der Waals surface area contributed by atoms with E-state index in [1.165, 1.54) is 6.07 Å². The van der Waals surface area contributed by atoms with Crippen molar-refractivity contribution < 1.29 is 17.9 Å². The van der Waals surface area contributed by atoms with Crippen LogP contribution >= 0.6 is 10.7 Å². The summed E-state index contributed by atoms with van der Waals surface area (Å²) in [4.78, 5) is 0.114. The van der Waals surface area contributed by atoms with Crippen molar-refractivity contribution in [3.05, 3.63) is 23.8 Å². The fourth-order valence-electron chi connectivity index (χ4n) is 1.38. The Bertz CT molecular complexity index is 470. The first-order valence-corrected chi connectivity index (χ1v) is 7.43. The van der Waals surface area contributed by atoms with Gasteiger partial charge in [-0.25, -0.2) is 8.42 Å². The highest BCUT2D eigenvalue weighted by Gasteiger charge is 2.13. The summed E-state index contributed by atoms with van der Waals surface area (Å²) in [5.41, 5.74) is 0.573. The van der Waals surface area contributed by atoms with Crippen LogP contribution in [-0.4, -0.2) is 28.7 Å². The summed E-state index contributed by atoms with van der Waals surface area (Å²) in [7, 11) is 3.22. The van der Waals surface area contributed by atoms with Crippen molar-refractivity contribution in [1.82, 2.24) is 0 Å². The average molecular weight is 279 g/mol. The van der Waals surface area contributed by atoms with Crippen LogP contribution in [0.4, 0.5) is 0 Å². The van der Waals surface area contributed by atoms with Crippen molar-refractivity contribution in [1.29, 1.82) is 0 Å². The van der Waals surface area contributed by atoms with Crippen LogP contribution in [0.5, 0.6) is 5.75 Å². The normalized spacial score (nSPS) is 11.5. The van der Waals surface area contributed by atoms with Crippen LogP contribution in [0.15, 0.2) is 23.1 Å². The number of aryl methyl sites for hydroxylation is 1. The molecular formula is C11H15ClO4S. The SMILES string of the molecule is COCCCOc1ccc(S(=O)(=O)Cl)c(C)c1. The van der Waals surface area contributed by atoms with E-state index in [4.69, 9.17) is 20.2 Å². The minimum Gasteiger partial charge on any atom is -0.493 e. The molecule has 0 saturated carbocycles. The topological polar surface area (TPSA) is 52.6 Å². The number of benzene rings is 1. The monoisotopic (exact) mass is 278 g/mol. The lowest BCUT2D eigenvalue weighted by molar-refractivity contribution is 0.172. The first-order chi connectivity index (χ1) is 7.95. The van der Waals surface area contributed by atoms with Gasteiger partial charge in [-0.3, -0.25) is 0 Å². The molecule has 17 heavy (non-hydrogen) atoms. The third kappa shape index (κ3) is 4.53. The second-order valence-corrected chi connectivity index (χ2v) is 6.09. The summed E-state index contributed by atoms with van der Waals surface area (Å²) < 4.78 is 32.7. The van der Waals surface area contributed by atoms with Crippen molar-refractivity contribution in [2.45, 2.75) is 18.2 Å². The predicted octanol–water partition coefficient (Wildman–Crippen LogP) is 2.34. The second kappa shape index (κ2) is 6.23. The quantitative estimate of drug-likeness (QED) is 0.592. The molecule has 0 atom stereocenters. The summed E-state index contributed by atoms with van der Waals surface area (Å²) in [5.74, 6) is 0.627. The van der Waals surface area contributed by atoms with E-state index in [-0.39, 0.29) is 4.90 Å². The highest BCUT2D eigenvalue weighted by atomic mass is 35.7. The molecule has 6 heteroatoms. The maximum Gasteiger partial charge on any atom is 0.261 e. The zero-order chi connectivity index (χ0) is 12.9. The molecule has 0 aliphatic carbocycles. The van der Waals surface area contributed by atoms with Gasteiger partial charge in [0, 0.05) is 30.8 Å². The Hall–Kier alpha value is -0.780. The minimum atomic E-state index is -3.68. The van der Waals surface area contributed by atoms with E-state index in [0.29, 0.717) is 24.5 Å². The Balaban J connectivity index is 2.70. The Kier molecular flexibility index (Phi) is 5.24. The lowest BCUT2D eigenvalue weighted by Gasteiger charge is -2.08. The highest BCUT2D eigenvalue weighted by Crippen LogP contribution is 2.23. The maximum atomic E-state index is 11.2. The van der Waals surface area contributed by atoms with Crippen molar-refractivity contribution in [2.24, 2.45) is 0 Å². The summed E-state index contributed by atoms with van der Waals surface area (Å²) in [6.07, 6.45) is 0.783. The van der Waals surface area contributed by atoms with Crippen LogP contribution < -0.4 is 4.74 Å². The van der Waals surface area contributed by atoms with E-state index in [1.54, 1.807) is 26.2 Å². The number of hydrogen-bond donors (Lipinski definition) is 0. The number of ether oxygens (including phenoxy) is 2. The molecule has 0 aliphatic rings. The van der Waals surface area contributed by atoms with E-state index in [2.05, 4.69) is 0 Å². The van der Waals surface area contributed by atoms with Gasteiger partial charge in [-0.1, -0.05) is 0 Å². The predicted molar refractivity (Wildman–Crippen MR) is 66.2 cm³/mol. The zero-order valence-corrected chi connectivity index (χ0v) is 11.3. The Morgan fingerprint density at radius 1 is 1.29 bits per heavy atom. The fraction of sp³-hybridized carbons (Fsp3) is 0.455. The maximum absolute atomic E-state index is 11.2. The number of rotatable bonds is 6. The van der Waals surface area contributed by atoms with Crippen LogP contribution in [0.2, 0.25) is 0 Å². The van der Waals surface area contributed by atoms with Crippen molar-refractivity contribution >= 4 is 19.7 Å². The molecule has 1 rings (SSSR count).